The maximum Gasteiger partial charge on any atom is 0.323 e. The highest BCUT2D eigenvalue weighted by Gasteiger charge is 2.08. The molecule has 0 unspecified atom stereocenters. The first kappa shape index (κ1) is 12.3. The molecule has 0 aliphatic heterocycles. The number of aromatic amines is 3. The van der Waals surface area contributed by atoms with Crippen LogP contribution in [-0.2, 0) is 6.42 Å². The molecular formula is C14H14N4O2. The molecule has 0 saturated carbocycles. The van der Waals surface area contributed by atoms with Crippen molar-refractivity contribution in [2.24, 2.45) is 0 Å². The van der Waals surface area contributed by atoms with Crippen molar-refractivity contribution in [3.8, 4) is 0 Å². The normalized spacial score (nSPS) is 10.8. The molecule has 0 aliphatic carbocycles. The zero-order valence-electron chi connectivity index (χ0n) is 10.7. The SMILES string of the molecule is O=C(NCCc1c[nH]c2ccccc12)c1c[nH]c(=O)[nH]1. The molecule has 0 fully saturated rings. The van der Waals surface area contributed by atoms with Crippen LogP contribution >= 0.6 is 0 Å². The van der Waals surface area contributed by atoms with Gasteiger partial charge in [-0.25, -0.2) is 4.79 Å². The number of para-hydroxylation sites is 1. The van der Waals surface area contributed by atoms with Gasteiger partial charge in [0.2, 0.25) is 0 Å². The smallest absolute Gasteiger partial charge is 0.323 e. The van der Waals surface area contributed by atoms with E-state index in [9.17, 15) is 9.59 Å². The lowest BCUT2D eigenvalue weighted by molar-refractivity contribution is 0.0949. The Morgan fingerprint density at radius 3 is 2.80 bits per heavy atom. The molecule has 102 valence electrons. The number of carbonyl (C=O) groups is 1. The van der Waals surface area contributed by atoms with Crippen molar-refractivity contribution >= 4 is 16.8 Å². The van der Waals surface area contributed by atoms with Gasteiger partial charge in [-0.3, -0.25) is 4.79 Å². The van der Waals surface area contributed by atoms with E-state index in [4.69, 9.17) is 0 Å². The van der Waals surface area contributed by atoms with Gasteiger partial charge in [0.05, 0.1) is 0 Å². The lowest BCUT2D eigenvalue weighted by Crippen LogP contribution is -2.26. The number of fused-ring (bicyclic) bond motifs is 1. The minimum atomic E-state index is -0.383. The second-order valence-electron chi connectivity index (χ2n) is 4.52. The highest BCUT2D eigenvalue weighted by atomic mass is 16.2. The predicted molar refractivity (Wildman–Crippen MR) is 75.7 cm³/mol. The Bertz CT molecular complexity index is 796. The molecule has 20 heavy (non-hydrogen) atoms. The van der Waals surface area contributed by atoms with Gasteiger partial charge < -0.3 is 20.3 Å². The summed E-state index contributed by atoms with van der Waals surface area (Å²) in [5.74, 6) is -0.289. The van der Waals surface area contributed by atoms with E-state index in [1.54, 1.807) is 0 Å². The van der Waals surface area contributed by atoms with Crippen LogP contribution in [0.4, 0.5) is 0 Å². The third-order valence-corrected chi connectivity index (χ3v) is 3.20. The first-order valence-electron chi connectivity index (χ1n) is 6.35. The Hall–Kier alpha value is -2.76. The summed E-state index contributed by atoms with van der Waals surface area (Å²) in [5, 5.41) is 3.94. The fourth-order valence-electron chi connectivity index (χ4n) is 2.20. The third kappa shape index (κ3) is 2.35. The number of hydrogen-bond acceptors (Lipinski definition) is 2. The van der Waals surface area contributed by atoms with E-state index >= 15 is 0 Å². The highest BCUT2D eigenvalue weighted by Crippen LogP contribution is 2.17. The summed E-state index contributed by atoms with van der Waals surface area (Å²) in [6.07, 6.45) is 4.04. The number of rotatable bonds is 4. The number of benzene rings is 1. The summed E-state index contributed by atoms with van der Waals surface area (Å²) in [6.45, 7) is 0.508. The molecule has 0 spiro atoms. The Labute approximate surface area is 114 Å². The van der Waals surface area contributed by atoms with Gasteiger partial charge in [0.1, 0.15) is 5.69 Å². The zero-order chi connectivity index (χ0) is 13.9. The largest absolute Gasteiger partial charge is 0.361 e. The van der Waals surface area contributed by atoms with E-state index in [2.05, 4.69) is 20.3 Å². The fourth-order valence-corrected chi connectivity index (χ4v) is 2.20. The minimum absolute atomic E-state index is 0.244. The molecule has 0 bridgehead atoms. The maximum absolute atomic E-state index is 11.7. The topological polar surface area (TPSA) is 93.5 Å². The summed E-state index contributed by atoms with van der Waals surface area (Å²) in [7, 11) is 0. The van der Waals surface area contributed by atoms with Crippen LogP contribution in [0.2, 0.25) is 0 Å². The van der Waals surface area contributed by atoms with Crippen LogP contribution in [0.15, 0.2) is 41.5 Å². The molecule has 0 aliphatic rings. The van der Waals surface area contributed by atoms with E-state index in [0.717, 1.165) is 22.9 Å². The molecule has 2 heterocycles. The maximum atomic E-state index is 11.7. The van der Waals surface area contributed by atoms with Crippen molar-refractivity contribution in [2.75, 3.05) is 6.54 Å². The van der Waals surface area contributed by atoms with Crippen LogP contribution in [-0.4, -0.2) is 27.4 Å². The molecule has 6 heteroatoms. The Morgan fingerprint density at radius 2 is 2.00 bits per heavy atom. The van der Waals surface area contributed by atoms with Crippen LogP contribution < -0.4 is 11.0 Å². The Kier molecular flexibility index (Phi) is 3.12. The van der Waals surface area contributed by atoms with E-state index in [-0.39, 0.29) is 17.3 Å². The van der Waals surface area contributed by atoms with Crippen molar-refractivity contribution in [2.45, 2.75) is 6.42 Å². The van der Waals surface area contributed by atoms with Gasteiger partial charge in [-0.2, -0.15) is 0 Å². The molecule has 4 N–H and O–H groups in total. The number of imidazole rings is 1. The van der Waals surface area contributed by atoms with E-state index in [0.29, 0.717) is 6.54 Å². The lowest BCUT2D eigenvalue weighted by Gasteiger charge is -2.02. The summed E-state index contributed by atoms with van der Waals surface area (Å²) in [6, 6.07) is 8.03. The predicted octanol–water partition coefficient (Wildman–Crippen LogP) is 1.16. The van der Waals surface area contributed by atoms with Crippen LogP contribution in [0, 0.1) is 0 Å². The number of amides is 1. The van der Waals surface area contributed by atoms with Crippen molar-refractivity contribution < 1.29 is 4.79 Å². The van der Waals surface area contributed by atoms with E-state index in [1.807, 2.05) is 30.5 Å². The minimum Gasteiger partial charge on any atom is -0.361 e. The van der Waals surface area contributed by atoms with Crippen molar-refractivity contribution in [1.82, 2.24) is 20.3 Å². The van der Waals surface area contributed by atoms with Crippen LogP contribution in [0.25, 0.3) is 10.9 Å². The molecule has 0 atom stereocenters. The van der Waals surface area contributed by atoms with Gasteiger partial charge >= 0.3 is 5.69 Å². The van der Waals surface area contributed by atoms with Crippen LogP contribution in [0.3, 0.4) is 0 Å². The Morgan fingerprint density at radius 1 is 1.15 bits per heavy atom. The number of hydrogen-bond donors (Lipinski definition) is 4. The molecule has 0 radical (unpaired) electrons. The zero-order valence-corrected chi connectivity index (χ0v) is 10.7. The van der Waals surface area contributed by atoms with Crippen LogP contribution in [0.1, 0.15) is 16.1 Å². The van der Waals surface area contributed by atoms with Gasteiger partial charge in [-0.05, 0) is 18.1 Å². The third-order valence-electron chi connectivity index (χ3n) is 3.20. The standard InChI is InChI=1S/C14H14N4O2/c19-13(12-8-17-14(20)18-12)15-6-5-9-7-16-11-4-2-1-3-10(9)11/h1-4,7-8,16H,5-6H2,(H,15,19)(H2,17,18,20). The number of carbonyl (C=O) groups excluding carboxylic acids is 1. The van der Waals surface area contributed by atoms with Crippen molar-refractivity contribution in [3.63, 3.8) is 0 Å². The lowest BCUT2D eigenvalue weighted by atomic mass is 10.1. The monoisotopic (exact) mass is 270 g/mol. The molecule has 1 amide bonds. The summed E-state index contributed by atoms with van der Waals surface area (Å²) in [5.41, 5.74) is 2.10. The summed E-state index contributed by atoms with van der Waals surface area (Å²) < 4.78 is 0. The number of H-pyrrole nitrogens is 3. The van der Waals surface area contributed by atoms with E-state index in [1.165, 1.54) is 6.20 Å². The van der Waals surface area contributed by atoms with Crippen molar-refractivity contribution in [1.29, 1.82) is 0 Å². The molecule has 6 nitrogen and oxygen atoms in total. The fraction of sp³-hybridized carbons (Fsp3) is 0.143. The molecule has 0 saturated heterocycles. The van der Waals surface area contributed by atoms with Crippen molar-refractivity contribution in [3.05, 3.63) is 58.4 Å². The molecule has 3 rings (SSSR count). The quantitative estimate of drug-likeness (QED) is 0.572. The Balaban J connectivity index is 1.63. The van der Waals surface area contributed by atoms with Gasteiger partial charge in [-0.1, -0.05) is 18.2 Å². The summed E-state index contributed by atoms with van der Waals surface area (Å²) in [4.78, 5) is 30.7. The second-order valence-corrected chi connectivity index (χ2v) is 4.52. The van der Waals surface area contributed by atoms with Gasteiger partial charge in [0.25, 0.3) is 5.91 Å². The van der Waals surface area contributed by atoms with Crippen LogP contribution in [0.5, 0.6) is 0 Å². The van der Waals surface area contributed by atoms with Gasteiger partial charge in [0, 0.05) is 29.8 Å². The first-order chi connectivity index (χ1) is 9.74. The second kappa shape index (κ2) is 5.08. The molecular weight excluding hydrogens is 256 g/mol. The summed E-state index contributed by atoms with van der Waals surface area (Å²) >= 11 is 0. The molecule has 1 aromatic carbocycles. The number of aromatic nitrogens is 3. The molecule has 2 aromatic heterocycles. The molecule has 3 aromatic rings. The van der Waals surface area contributed by atoms with E-state index < -0.39 is 0 Å². The highest BCUT2D eigenvalue weighted by molar-refractivity contribution is 5.92. The van der Waals surface area contributed by atoms with Gasteiger partial charge in [0.15, 0.2) is 0 Å². The average molecular weight is 270 g/mol. The number of nitrogens with one attached hydrogen (secondary N) is 4. The first-order valence-corrected chi connectivity index (χ1v) is 6.35. The average Bonchev–Trinajstić information content (AvgIpc) is 3.06. The van der Waals surface area contributed by atoms with Gasteiger partial charge in [-0.15, -0.1) is 0 Å².